The van der Waals surface area contributed by atoms with Gasteiger partial charge in [0.1, 0.15) is 12.1 Å². The molecule has 0 bridgehead atoms. The highest BCUT2D eigenvalue weighted by molar-refractivity contribution is 6.31. The lowest BCUT2D eigenvalue weighted by Gasteiger charge is -2.24. The fraction of sp³-hybridized carbons (Fsp3) is 0.250. The molecule has 0 aliphatic heterocycles. The van der Waals surface area contributed by atoms with Crippen molar-refractivity contribution in [3.63, 3.8) is 0 Å². The normalized spacial score (nSPS) is 10.2. The van der Waals surface area contributed by atoms with Crippen LogP contribution in [0.2, 0.25) is 5.02 Å². The Bertz CT molecular complexity index is 775. The minimum Gasteiger partial charge on any atom is -0.469 e. The van der Waals surface area contributed by atoms with E-state index in [2.05, 4.69) is 9.72 Å². The number of pyridine rings is 1. The number of carbonyl (C=O) groups is 3. The summed E-state index contributed by atoms with van der Waals surface area (Å²) in [6.45, 7) is 0.0195. The molecule has 1 amide bonds. The predicted octanol–water partition coefficient (Wildman–Crippen LogP) is 1.55. The molecule has 25 heavy (non-hydrogen) atoms. The molecule has 132 valence electrons. The summed E-state index contributed by atoms with van der Waals surface area (Å²) in [5.74, 6) is -1.97. The summed E-state index contributed by atoms with van der Waals surface area (Å²) in [7, 11) is 2.40. The van der Waals surface area contributed by atoms with E-state index in [1.54, 1.807) is 24.4 Å². The van der Waals surface area contributed by atoms with Crippen LogP contribution in [-0.4, -0.2) is 41.7 Å². The molecule has 2 rings (SSSR count). The Morgan fingerprint density at radius 3 is 2.60 bits per heavy atom. The summed E-state index contributed by atoms with van der Waals surface area (Å²) in [5.41, 5.74) is 0.600. The van der Waals surface area contributed by atoms with Crippen LogP contribution in [0.3, 0.4) is 0 Å². The Kier molecular flexibility index (Phi) is 6.13. The van der Waals surface area contributed by atoms with Crippen LogP contribution in [0.5, 0.6) is 0 Å². The first-order chi connectivity index (χ1) is 12.0. The van der Waals surface area contributed by atoms with Gasteiger partial charge in [0, 0.05) is 12.4 Å². The van der Waals surface area contributed by atoms with E-state index in [0.29, 0.717) is 5.69 Å². The molecule has 0 saturated heterocycles. The van der Waals surface area contributed by atoms with E-state index in [1.807, 2.05) is 0 Å². The van der Waals surface area contributed by atoms with Gasteiger partial charge in [0.2, 0.25) is 0 Å². The van der Waals surface area contributed by atoms with Crippen LogP contribution in [0, 0.1) is 0 Å². The van der Waals surface area contributed by atoms with Crippen LogP contribution in [0.1, 0.15) is 22.6 Å². The molecule has 0 unspecified atom stereocenters. The highest BCUT2D eigenvalue weighted by Gasteiger charge is 2.25. The number of ether oxygens (including phenoxy) is 2. The molecule has 2 aromatic rings. The molecule has 2 heterocycles. The lowest BCUT2D eigenvalue weighted by atomic mass is 10.3. The molecule has 9 heteroatoms. The van der Waals surface area contributed by atoms with E-state index in [4.69, 9.17) is 16.3 Å². The summed E-state index contributed by atoms with van der Waals surface area (Å²) in [4.78, 5) is 40.2. The minimum absolute atomic E-state index is 0.0195. The summed E-state index contributed by atoms with van der Waals surface area (Å²) < 4.78 is 10.5. The number of rotatable bonds is 6. The lowest BCUT2D eigenvalue weighted by molar-refractivity contribution is -0.143. The van der Waals surface area contributed by atoms with Crippen molar-refractivity contribution >= 4 is 29.4 Å². The first-order valence-corrected chi connectivity index (χ1v) is 7.57. The van der Waals surface area contributed by atoms with Gasteiger partial charge in [-0.3, -0.25) is 14.6 Å². The van der Waals surface area contributed by atoms with Crippen molar-refractivity contribution in [3.05, 3.63) is 53.1 Å². The predicted molar refractivity (Wildman–Crippen MR) is 88.6 cm³/mol. The van der Waals surface area contributed by atoms with Gasteiger partial charge in [-0.05, 0) is 18.2 Å². The zero-order valence-electron chi connectivity index (χ0n) is 13.6. The molecule has 0 atom stereocenters. The minimum atomic E-state index is -0.700. The highest BCUT2D eigenvalue weighted by Crippen LogP contribution is 2.17. The Morgan fingerprint density at radius 2 is 2.00 bits per heavy atom. The molecular weight excluding hydrogens is 350 g/mol. The largest absolute Gasteiger partial charge is 0.469 e. The monoisotopic (exact) mass is 365 g/mol. The molecule has 0 aromatic carbocycles. The first kappa shape index (κ1) is 18.5. The van der Waals surface area contributed by atoms with Gasteiger partial charge in [-0.15, -0.1) is 0 Å². The number of methoxy groups -OCH3 is 2. The molecule has 0 radical (unpaired) electrons. The van der Waals surface area contributed by atoms with Crippen molar-refractivity contribution in [1.29, 1.82) is 0 Å². The quantitative estimate of drug-likeness (QED) is 0.570. The van der Waals surface area contributed by atoms with Crippen LogP contribution in [0.25, 0.3) is 0 Å². The summed E-state index contributed by atoms with van der Waals surface area (Å²) in [6, 6.07) is 6.57. The van der Waals surface area contributed by atoms with Crippen molar-refractivity contribution in [2.45, 2.75) is 13.0 Å². The van der Waals surface area contributed by atoms with Crippen LogP contribution < -0.4 is 5.01 Å². The maximum atomic E-state index is 12.6. The van der Waals surface area contributed by atoms with Gasteiger partial charge in [0.25, 0.3) is 5.91 Å². The third-order valence-corrected chi connectivity index (χ3v) is 3.48. The number of aromatic nitrogens is 2. The Morgan fingerprint density at radius 1 is 1.24 bits per heavy atom. The standard InChI is InChI=1S/C16H16ClN3O5/c1-24-15(22)8-14(21)20(10-12-5-3-4-6-18-12)19-9-11(17)7-13(19)16(23)25-2/h3-7,9H,8,10H2,1-2H3. The molecule has 0 saturated carbocycles. The van der Waals surface area contributed by atoms with Gasteiger partial charge < -0.3 is 9.47 Å². The summed E-state index contributed by atoms with van der Waals surface area (Å²) >= 11 is 5.98. The number of nitrogens with zero attached hydrogens (tertiary/aromatic N) is 3. The van der Waals surface area contributed by atoms with Crippen LogP contribution in [-0.2, 0) is 25.6 Å². The Balaban J connectivity index is 2.42. The van der Waals surface area contributed by atoms with E-state index in [9.17, 15) is 14.4 Å². The van der Waals surface area contributed by atoms with Crippen LogP contribution in [0.15, 0.2) is 36.7 Å². The van der Waals surface area contributed by atoms with E-state index in [0.717, 1.165) is 0 Å². The zero-order valence-corrected chi connectivity index (χ0v) is 14.4. The number of esters is 2. The van der Waals surface area contributed by atoms with Gasteiger partial charge in [0.15, 0.2) is 0 Å². The molecule has 0 N–H and O–H groups in total. The second-order valence-corrected chi connectivity index (χ2v) is 5.34. The van der Waals surface area contributed by atoms with Crippen molar-refractivity contribution in [3.8, 4) is 0 Å². The average Bonchev–Trinajstić information content (AvgIpc) is 3.01. The van der Waals surface area contributed by atoms with Gasteiger partial charge in [-0.25, -0.2) is 14.5 Å². The molecule has 0 aliphatic carbocycles. The third kappa shape index (κ3) is 4.57. The van der Waals surface area contributed by atoms with Gasteiger partial charge in [-0.1, -0.05) is 17.7 Å². The van der Waals surface area contributed by atoms with Crippen molar-refractivity contribution in [2.75, 3.05) is 19.2 Å². The number of amides is 1. The smallest absolute Gasteiger partial charge is 0.356 e. The SMILES string of the molecule is COC(=O)CC(=O)N(Cc1ccccn1)n1cc(Cl)cc1C(=O)OC. The second-order valence-electron chi connectivity index (χ2n) is 4.91. The van der Waals surface area contributed by atoms with Crippen molar-refractivity contribution in [1.82, 2.24) is 9.66 Å². The highest BCUT2D eigenvalue weighted by atomic mass is 35.5. The zero-order chi connectivity index (χ0) is 18.4. The van der Waals surface area contributed by atoms with Gasteiger partial charge in [-0.2, -0.15) is 0 Å². The molecular formula is C16H16ClN3O5. The Hall–Kier alpha value is -2.87. The maximum absolute atomic E-state index is 12.6. The van der Waals surface area contributed by atoms with Crippen molar-refractivity contribution in [2.24, 2.45) is 0 Å². The third-order valence-electron chi connectivity index (χ3n) is 3.27. The maximum Gasteiger partial charge on any atom is 0.356 e. The molecule has 2 aromatic heterocycles. The number of carbonyl (C=O) groups excluding carboxylic acids is 3. The number of hydrogen-bond acceptors (Lipinski definition) is 6. The van der Waals surface area contributed by atoms with Crippen LogP contribution in [0.4, 0.5) is 0 Å². The number of halogens is 1. The summed E-state index contributed by atoms with van der Waals surface area (Å²) in [5, 5.41) is 1.41. The van der Waals surface area contributed by atoms with Gasteiger partial charge in [0.05, 0.1) is 31.5 Å². The van der Waals surface area contributed by atoms with E-state index in [1.165, 1.54) is 36.2 Å². The number of hydrogen-bond donors (Lipinski definition) is 0. The fourth-order valence-corrected chi connectivity index (χ4v) is 2.29. The topological polar surface area (TPSA) is 90.7 Å². The lowest BCUT2D eigenvalue weighted by Crippen LogP contribution is -2.42. The van der Waals surface area contributed by atoms with Gasteiger partial charge >= 0.3 is 11.9 Å². The summed E-state index contributed by atoms with van der Waals surface area (Å²) in [6.07, 6.45) is 2.45. The molecule has 0 spiro atoms. The van der Waals surface area contributed by atoms with E-state index >= 15 is 0 Å². The Labute approximate surface area is 148 Å². The van der Waals surface area contributed by atoms with E-state index < -0.39 is 24.3 Å². The van der Waals surface area contributed by atoms with E-state index in [-0.39, 0.29) is 17.3 Å². The fourth-order valence-electron chi connectivity index (χ4n) is 2.09. The first-order valence-electron chi connectivity index (χ1n) is 7.19. The van der Waals surface area contributed by atoms with Crippen molar-refractivity contribution < 1.29 is 23.9 Å². The molecule has 0 fully saturated rings. The molecule has 0 aliphatic rings. The average molecular weight is 366 g/mol. The molecule has 8 nitrogen and oxygen atoms in total. The second kappa shape index (κ2) is 8.29. The van der Waals surface area contributed by atoms with Crippen LogP contribution >= 0.6 is 11.6 Å².